The number of aromatic nitrogens is 3. The van der Waals surface area contributed by atoms with E-state index in [1.165, 1.54) is 10.5 Å². The number of hydrogen-bond donors (Lipinski definition) is 1. The molecule has 6 nitrogen and oxygen atoms in total. The molecule has 2 aromatic heterocycles. The van der Waals surface area contributed by atoms with Gasteiger partial charge in [-0.05, 0) is 57.0 Å². The van der Waals surface area contributed by atoms with Crippen LogP contribution >= 0.6 is 0 Å². The Morgan fingerprint density at radius 2 is 2.00 bits per heavy atom. The molecule has 164 valence electrons. The maximum atomic E-state index is 13.1. The number of carbonyl (C=O) groups is 1. The molecule has 1 amide bonds. The molecule has 1 atom stereocenters. The van der Waals surface area contributed by atoms with E-state index in [1.807, 2.05) is 36.9 Å². The molecule has 4 rings (SSSR count). The zero-order valence-electron chi connectivity index (χ0n) is 17.4. The van der Waals surface area contributed by atoms with Crippen LogP contribution in [0.3, 0.4) is 0 Å². The largest absolute Gasteiger partial charge is 0.417 e. The summed E-state index contributed by atoms with van der Waals surface area (Å²) in [5.41, 5.74) is 2.56. The molecule has 3 heterocycles. The molecular weight excluding hydrogens is 407 g/mol. The molecule has 9 heteroatoms. The van der Waals surface area contributed by atoms with Crippen molar-refractivity contribution in [3.8, 4) is 0 Å². The number of hydrogen-bond acceptors (Lipinski definition) is 4. The molecule has 1 unspecified atom stereocenters. The van der Waals surface area contributed by atoms with E-state index < -0.39 is 11.7 Å². The van der Waals surface area contributed by atoms with Gasteiger partial charge in [0.1, 0.15) is 5.82 Å². The van der Waals surface area contributed by atoms with Crippen molar-refractivity contribution in [3.05, 3.63) is 59.0 Å². The molecule has 1 aliphatic rings. The zero-order valence-corrected chi connectivity index (χ0v) is 17.4. The Kier molecular flexibility index (Phi) is 5.70. The fourth-order valence-electron chi connectivity index (χ4n) is 4.11. The van der Waals surface area contributed by atoms with Gasteiger partial charge in [-0.15, -0.1) is 10.2 Å². The molecule has 0 saturated carbocycles. The number of pyridine rings is 1. The van der Waals surface area contributed by atoms with Gasteiger partial charge in [0.25, 0.3) is 0 Å². The summed E-state index contributed by atoms with van der Waals surface area (Å²) in [4.78, 5) is 14.6. The summed E-state index contributed by atoms with van der Waals surface area (Å²) in [6.45, 7) is 5.45. The Morgan fingerprint density at radius 3 is 2.74 bits per heavy atom. The van der Waals surface area contributed by atoms with Gasteiger partial charge >= 0.3 is 6.18 Å². The summed E-state index contributed by atoms with van der Waals surface area (Å²) in [6.07, 6.45) is -1.77. The summed E-state index contributed by atoms with van der Waals surface area (Å²) in [5, 5.41) is 11.1. The van der Waals surface area contributed by atoms with Crippen LogP contribution in [0.4, 0.5) is 18.9 Å². The van der Waals surface area contributed by atoms with Crippen LogP contribution < -0.4 is 5.32 Å². The van der Waals surface area contributed by atoms with Crippen molar-refractivity contribution >= 4 is 17.2 Å². The van der Waals surface area contributed by atoms with Crippen molar-refractivity contribution in [2.75, 3.05) is 25.0 Å². The first kappa shape index (κ1) is 21.3. The second kappa shape index (κ2) is 8.30. The predicted octanol–water partition coefficient (Wildman–Crippen LogP) is 4.18. The monoisotopic (exact) mass is 431 g/mol. The summed E-state index contributed by atoms with van der Waals surface area (Å²) >= 11 is 0. The lowest BCUT2D eigenvalue weighted by atomic mass is 9.97. The fraction of sp³-hybridized carbons (Fsp3) is 0.409. The smallest absolute Gasteiger partial charge is 0.325 e. The number of nitrogens with zero attached hydrogens (tertiary/aromatic N) is 4. The number of nitrogens with one attached hydrogen (secondary N) is 1. The number of benzene rings is 1. The molecule has 1 aliphatic heterocycles. The van der Waals surface area contributed by atoms with Crippen LogP contribution in [-0.4, -0.2) is 45.0 Å². The van der Waals surface area contributed by atoms with Gasteiger partial charge in [0, 0.05) is 24.3 Å². The summed E-state index contributed by atoms with van der Waals surface area (Å²) in [5.74, 6) is 0.291. The minimum atomic E-state index is -4.43. The lowest BCUT2D eigenvalue weighted by Crippen LogP contribution is -2.40. The minimum absolute atomic E-state index is 0.0962. The Hall–Kier alpha value is -2.94. The second-order valence-electron chi connectivity index (χ2n) is 8.14. The minimum Gasteiger partial charge on any atom is -0.325 e. The molecule has 0 aliphatic carbocycles. The topological polar surface area (TPSA) is 62.5 Å². The third kappa shape index (κ3) is 4.71. The Labute approximate surface area is 178 Å². The maximum absolute atomic E-state index is 13.1. The van der Waals surface area contributed by atoms with E-state index in [-0.39, 0.29) is 18.4 Å². The Balaban J connectivity index is 1.46. The molecule has 1 N–H and O–H groups in total. The highest BCUT2D eigenvalue weighted by Gasteiger charge is 2.32. The summed E-state index contributed by atoms with van der Waals surface area (Å²) in [6, 6.07) is 8.20. The molecular formula is C22H24F3N5O. The van der Waals surface area contributed by atoms with Crippen LogP contribution in [0.25, 0.3) is 5.65 Å². The average molecular weight is 431 g/mol. The van der Waals surface area contributed by atoms with Crippen LogP contribution in [0, 0.1) is 13.8 Å². The van der Waals surface area contributed by atoms with Crippen LogP contribution in [0.1, 0.15) is 41.3 Å². The van der Waals surface area contributed by atoms with E-state index in [0.717, 1.165) is 48.5 Å². The number of piperidine rings is 1. The molecule has 0 bridgehead atoms. The molecule has 1 saturated heterocycles. The lowest BCUT2D eigenvalue weighted by Gasteiger charge is -2.31. The first-order chi connectivity index (χ1) is 14.7. The molecule has 0 spiro atoms. The molecule has 1 fully saturated rings. The van der Waals surface area contributed by atoms with Gasteiger partial charge in [-0.1, -0.05) is 17.7 Å². The average Bonchev–Trinajstić information content (AvgIpc) is 3.13. The number of rotatable bonds is 4. The van der Waals surface area contributed by atoms with Crippen molar-refractivity contribution in [2.24, 2.45) is 0 Å². The van der Waals surface area contributed by atoms with Gasteiger partial charge in [0.05, 0.1) is 12.1 Å². The number of amides is 1. The maximum Gasteiger partial charge on any atom is 0.417 e. The standard InChI is InChI=1S/C22H24F3N5O/c1-14-5-7-18(15(2)10-14)26-20(31)13-29-9-3-4-16(11-29)21-28-27-19-8-6-17(12-30(19)21)22(23,24)25/h5-8,10,12,16H,3-4,9,11,13H2,1-2H3,(H,26,31). The third-order valence-electron chi connectivity index (χ3n) is 5.65. The van der Waals surface area contributed by atoms with Crippen molar-refractivity contribution in [1.82, 2.24) is 19.5 Å². The number of halogens is 3. The molecule has 31 heavy (non-hydrogen) atoms. The van der Waals surface area contributed by atoms with Crippen LogP contribution in [0.15, 0.2) is 36.5 Å². The fourth-order valence-corrected chi connectivity index (χ4v) is 4.11. The SMILES string of the molecule is Cc1ccc(NC(=O)CN2CCCC(c3nnc4ccc(C(F)(F)F)cn34)C2)c(C)c1. The van der Waals surface area contributed by atoms with Crippen molar-refractivity contribution in [1.29, 1.82) is 0 Å². The van der Waals surface area contributed by atoms with Crippen molar-refractivity contribution in [2.45, 2.75) is 38.8 Å². The number of likely N-dealkylation sites (tertiary alicyclic amines) is 1. The van der Waals surface area contributed by atoms with E-state index in [2.05, 4.69) is 15.5 Å². The van der Waals surface area contributed by atoms with Gasteiger partial charge < -0.3 is 5.32 Å². The number of anilines is 1. The highest BCUT2D eigenvalue weighted by molar-refractivity contribution is 5.93. The van der Waals surface area contributed by atoms with E-state index in [0.29, 0.717) is 18.0 Å². The lowest BCUT2D eigenvalue weighted by molar-refractivity contribution is -0.137. The van der Waals surface area contributed by atoms with Gasteiger partial charge in [-0.3, -0.25) is 14.1 Å². The molecule has 0 radical (unpaired) electrons. The summed E-state index contributed by atoms with van der Waals surface area (Å²) < 4.78 is 40.8. The number of carbonyl (C=O) groups excluding carboxylic acids is 1. The highest BCUT2D eigenvalue weighted by Crippen LogP contribution is 2.31. The van der Waals surface area contributed by atoms with E-state index >= 15 is 0 Å². The van der Waals surface area contributed by atoms with Gasteiger partial charge in [-0.25, -0.2) is 0 Å². The van der Waals surface area contributed by atoms with Crippen LogP contribution in [-0.2, 0) is 11.0 Å². The predicted molar refractivity (Wildman–Crippen MR) is 111 cm³/mol. The van der Waals surface area contributed by atoms with Gasteiger partial charge in [0.15, 0.2) is 5.65 Å². The first-order valence-corrected chi connectivity index (χ1v) is 10.2. The number of fused-ring (bicyclic) bond motifs is 1. The molecule has 3 aromatic rings. The highest BCUT2D eigenvalue weighted by atomic mass is 19.4. The first-order valence-electron chi connectivity index (χ1n) is 10.2. The Morgan fingerprint density at radius 1 is 1.19 bits per heavy atom. The van der Waals surface area contributed by atoms with Crippen LogP contribution in [0.5, 0.6) is 0 Å². The van der Waals surface area contributed by atoms with E-state index in [4.69, 9.17) is 0 Å². The number of aryl methyl sites for hydroxylation is 2. The molecule has 1 aromatic carbocycles. The van der Waals surface area contributed by atoms with Crippen molar-refractivity contribution in [3.63, 3.8) is 0 Å². The van der Waals surface area contributed by atoms with Gasteiger partial charge in [-0.2, -0.15) is 13.2 Å². The van der Waals surface area contributed by atoms with E-state index in [9.17, 15) is 18.0 Å². The van der Waals surface area contributed by atoms with E-state index in [1.54, 1.807) is 0 Å². The third-order valence-corrected chi connectivity index (χ3v) is 5.65. The summed E-state index contributed by atoms with van der Waals surface area (Å²) in [7, 11) is 0. The normalized spacial score (nSPS) is 17.8. The van der Waals surface area contributed by atoms with Crippen molar-refractivity contribution < 1.29 is 18.0 Å². The number of alkyl halides is 3. The second-order valence-corrected chi connectivity index (χ2v) is 8.14. The quantitative estimate of drug-likeness (QED) is 0.673. The Bertz CT molecular complexity index is 1110. The van der Waals surface area contributed by atoms with Crippen LogP contribution in [0.2, 0.25) is 0 Å². The zero-order chi connectivity index (χ0) is 22.2. The van der Waals surface area contributed by atoms with Gasteiger partial charge in [0.2, 0.25) is 5.91 Å².